The largest absolute Gasteiger partial charge is 0.319 e. The summed E-state index contributed by atoms with van der Waals surface area (Å²) in [6.07, 6.45) is 0. The number of thioether (sulfide) groups is 1. The second-order valence-corrected chi connectivity index (χ2v) is 7.34. The average molecular weight is 342 g/mol. The number of nitrogens with zero attached hydrogens (tertiary/aromatic N) is 2. The third-order valence-electron chi connectivity index (χ3n) is 3.58. The van der Waals surface area contributed by atoms with E-state index >= 15 is 0 Å². The summed E-state index contributed by atoms with van der Waals surface area (Å²) in [5.74, 6) is 1.16. The van der Waals surface area contributed by atoms with Crippen molar-refractivity contribution >= 4 is 39.2 Å². The fourth-order valence-corrected chi connectivity index (χ4v) is 4.36. The number of aryl methyl sites for hydroxylation is 2. The summed E-state index contributed by atoms with van der Waals surface area (Å²) in [6.45, 7) is 2.08. The first-order valence-electron chi connectivity index (χ1n) is 7.39. The van der Waals surface area contributed by atoms with Gasteiger partial charge in [-0.05, 0) is 24.1 Å². The summed E-state index contributed by atoms with van der Waals surface area (Å²) >= 11 is 3.16. The molecule has 0 bridgehead atoms. The average Bonchev–Trinajstić information content (AvgIpc) is 2.86. The number of aromatic nitrogens is 1. The molecule has 1 heterocycles. The van der Waals surface area contributed by atoms with Crippen molar-refractivity contribution in [2.24, 2.45) is 12.0 Å². The minimum Gasteiger partial charge on any atom is -0.319 e. The highest BCUT2D eigenvalue weighted by atomic mass is 32.2. The molecule has 0 radical (unpaired) electrons. The molecule has 1 amide bonds. The fourth-order valence-electron chi connectivity index (χ4n) is 2.47. The van der Waals surface area contributed by atoms with Gasteiger partial charge in [0, 0.05) is 12.8 Å². The first-order chi connectivity index (χ1) is 11.1. The molecule has 0 fully saturated rings. The number of hydrogen-bond donors (Lipinski definition) is 0. The standard InChI is InChI=1S/C18H18N2OS2/c1-13-7-6-10-15-17(13)20(2)18(23-15)19-16(21)12-22-11-14-8-4-3-5-9-14/h3-10H,11-12H2,1-2H3. The second kappa shape index (κ2) is 7.15. The van der Waals surface area contributed by atoms with E-state index in [-0.39, 0.29) is 5.91 Å². The maximum absolute atomic E-state index is 12.1. The van der Waals surface area contributed by atoms with Gasteiger partial charge < -0.3 is 4.57 Å². The number of carbonyl (C=O) groups excluding carboxylic acids is 1. The van der Waals surface area contributed by atoms with E-state index in [4.69, 9.17) is 0 Å². The third kappa shape index (κ3) is 3.74. The molecular weight excluding hydrogens is 324 g/mol. The summed E-state index contributed by atoms with van der Waals surface area (Å²) in [4.78, 5) is 17.2. The van der Waals surface area contributed by atoms with E-state index in [1.54, 1.807) is 23.1 Å². The van der Waals surface area contributed by atoms with Crippen molar-refractivity contribution in [1.29, 1.82) is 0 Å². The molecule has 0 aliphatic carbocycles. The van der Waals surface area contributed by atoms with Gasteiger partial charge in [-0.15, -0.1) is 11.8 Å². The number of thiazole rings is 1. The Hall–Kier alpha value is -1.85. The number of carbonyl (C=O) groups is 1. The van der Waals surface area contributed by atoms with Gasteiger partial charge in [0.15, 0.2) is 4.80 Å². The summed E-state index contributed by atoms with van der Waals surface area (Å²) in [5.41, 5.74) is 3.59. The zero-order valence-electron chi connectivity index (χ0n) is 13.2. The first-order valence-corrected chi connectivity index (χ1v) is 9.36. The van der Waals surface area contributed by atoms with Crippen LogP contribution in [0.4, 0.5) is 0 Å². The van der Waals surface area contributed by atoms with Crippen LogP contribution in [0.2, 0.25) is 0 Å². The molecule has 0 saturated heterocycles. The first kappa shape index (κ1) is 16.0. The maximum atomic E-state index is 12.1. The predicted molar refractivity (Wildman–Crippen MR) is 98.7 cm³/mol. The zero-order chi connectivity index (χ0) is 16.2. The normalized spacial score (nSPS) is 12.0. The van der Waals surface area contributed by atoms with Crippen molar-refractivity contribution in [2.45, 2.75) is 12.7 Å². The smallest absolute Gasteiger partial charge is 0.258 e. The topological polar surface area (TPSA) is 34.4 Å². The predicted octanol–water partition coefficient (Wildman–Crippen LogP) is 3.91. The van der Waals surface area contributed by atoms with E-state index in [1.165, 1.54) is 11.1 Å². The molecule has 0 saturated carbocycles. The van der Waals surface area contributed by atoms with Gasteiger partial charge in [0.2, 0.25) is 0 Å². The highest BCUT2D eigenvalue weighted by molar-refractivity contribution is 7.99. The Labute approximate surface area is 143 Å². The van der Waals surface area contributed by atoms with Crippen LogP contribution in [0, 0.1) is 6.92 Å². The number of amides is 1. The van der Waals surface area contributed by atoms with Crippen LogP contribution in [0.5, 0.6) is 0 Å². The Bertz CT molecular complexity index is 894. The monoisotopic (exact) mass is 342 g/mol. The van der Waals surface area contributed by atoms with E-state index < -0.39 is 0 Å². The Morgan fingerprint density at radius 1 is 1.17 bits per heavy atom. The van der Waals surface area contributed by atoms with Crippen LogP contribution in [0.25, 0.3) is 10.2 Å². The van der Waals surface area contributed by atoms with Crippen molar-refractivity contribution in [3.05, 3.63) is 64.5 Å². The van der Waals surface area contributed by atoms with Gasteiger partial charge >= 0.3 is 0 Å². The van der Waals surface area contributed by atoms with Crippen LogP contribution in [-0.2, 0) is 17.6 Å². The molecule has 0 unspecified atom stereocenters. The number of para-hydroxylation sites is 1. The summed E-state index contributed by atoms with van der Waals surface area (Å²) in [5, 5.41) is 0. The van der Waals surface area contributed by atoms with Gasteiger partial charge in [0.1, 0.15) is 0 Å². The Morgan fingerprint density at radius 2 is 1.96 bits per heavy atom. The molecule has 0 aliphatic heterocycles. The molecule has 23 heavy (non-hydrogen) atoms. The van der Waals surface area contributed by atoms with E-state index in [9.17, 15) is 4.79 Å². The van der Waals surface area contributed by atoms with Crippen LogP contribution >= 0.6 is 23.1 Å². The van der Waals surface area contributed by atoms with Crippen molar-refractivity contribution < 1.29 is 4.79 Å². The molecule has 1 aromatic heterocycles. The maximum Gasteiger partial charge on any atom is 0.258 e. The van der Waals surface area contributed by atoms with Crippen LogP contribution in [-0.4, -0.2) is 16.2 Å². The summed E-state index contributed by atoms with van der Waals surface area (Å²) in [7, 11) is 1.97. The molecule has 0 aliphatic rings. The number of benzene rings is 2. The Morgan fingerprint density at radius 3 is 2.70 bits per heavy atom. The molecule has 118 valence electrons. The van der Waals surface area contributed by atoms with Gasteiger partial charge in [-0.1, -0.05) is 53.8 Å². The van der Waals surface area contributed by atoms with Gasteiger partial charge in [-0.2, -0.15) is 4.99 Å². The summed E-state index contributed by atoms with van der Waals surface area (Å²) < 4.78 is 3.17. The van der Waals surface area contributed by atoms with Crippen LogP contribution in [0.1, 0.15) is 11.1 Å². The molecule has 0 N–H and O–H groups in total. The number of rotatable bonds is 4. The molecule has 0 atom stereocenters. The molecule has 5 heteroatoms. The van der Waals surface area contributed by atoms with Crippen LogP contribution < -0.4 is 4.80 Å². The minimum atomic E-state index is -0.0780. The molecule has 3 aromatic rings. The minimum absolute atomic E-state index is 0.0780. The highest BCUT2D eigenvalue weighted by Gasteiger charge is 2.07. The molecule has 3 nitrogen and oxygen atoms in total. The lowest BCUT2D eigenvalue weighted by atomic mass is 10.2. The van der Waals surface area contributed by atoms with Crippen molar-refractivity contribution in [2.75, 3.05) is 5.75 Å². The van der Waals surface area contributed by atoms with E-state index in [2.05, 4.69) is 36.2 Å². The lowest BCUT2D eigenvalue weighted by molar-refractivity contribution is -0.115. The van der Waals surface area contributed by atoms with Crippen molar-refractivity contribution in [1.82, 2.24) is 4.57 Å². The van der Waals surface area contributed by atoms with E-state index in [0.717, 1.165) is 20.8 Å². The lowest BCUT2D eigenvalue weighted by Gasteiger charge is -2.00. The van der Waals surface area contributed by atoms with E-state index in [1.807, 2.05) is 35.9 Å². The van der Waals surface area contributed by atoms with Crippen molar-refractivity contribution in [3.8, 4) is 0 Å². The molecular formula is C18H18N2OS2. The zero-order valence-corrected chi connectivity index (χ0v) is 14.8. The third-order valence-corrected chi connectivity index (χ3v) is 5.67. The van der Waals surface area contributed by atoms with Gasteiger partial charge in [-0.3, -0.25) is 4.79 Å². The molecule has 3 rings (SSSR count). The molecule has 0 spiro atoms. The fraction of sp³-hybridized carbons (Fsp3) is 0.222. The van der Waals surface area contributed by atoms with Gasteiger partial charge in [0.25, 0.3) is 5.91 Å². The second-order valence-electron chi connectivity index (χ2n) is 5.35. The SMILES string of the molecule is Cc1cccc2sc(=NC(=O)CSCc3ccccc3)n(C)c12. The van der Waals surface area contributed by atoms with Gasteiger partial charge in [-0.25, -0.2) is 0 Å². The Balaban J connectivity index is 1.72. The lowest BCUT2D eigenvalue weighted by Crippen LogP contribution is -2.14. The molecule has 2 aromatic carbocycles. The highest BCUT2D eigenvalue weighted by Crippen LogP contribution is 2.19. The Kier molecular flexibility index (Phi) is 4.98. The van der Waals surface area contributed by atoms with Crippen molar-refractivity contribution in [3.63, 3.8) is 0 Å². The number of fused-ring (bicyclic) bond motifs is 1. The van der Waals surface area contributed by atoms with Gasteiger partial charge in [0.05, 0.1) is 16.0 Å². The number of hydrogen-bond acceptors (Lipinski definition) is 3. The quantitative estimate of drug-likeness (QED) is 0.720. The van der Waals surface area contributed by atoms with Crippen LogP contribution in [0.15, 0.2) is 53.5 Å². The van der Waals surface area contributed by atoms with E-state index in [0.29, 0.717) is 5.75 Å². The summed E-state index contributed by atoms with van der Waals surface area (Å²) in [6, 6.07) is 16.4. The van der Waals surface area contributed by atoms with Crippen LogP contribution in [0.3, 0.4) is 0 Å².